The van der Waals surface area contributed by atoms with E-state index in [1.54, 1.807) is 0 Å². The van der Waals surface area contributed by atoms with E-state index in [9.17, 15) is 0 Å². The minimum Gasteiger partial charge on any atom is -0.324 e. The number of halogens is 1. The summed E-state index contributed by atoms with van der Waals surface area (Å²) in [6.45, 7) is 6.94. The van der Waals surface area contributed by atoms with Gasteiger partial charge >= 0.3 is 0 Å². The standard InChI is InChI=1S/C17H28ClN3/c1-3-16-13-20(2)10-4-11-21(16)12-9-17(19)14-5-7-15(18)8-6-14/h5-8,16-17H,3-4,9-13,19H2,1-2H3. The summed E-state index contributed by atoms with van der Waals surface area (Å²) in [5, 5.41) is 0.771. The molecule has 1 heterocycles. The number of nitrogens with zero attached hydrogens (tertiary/aromatic N) is 2. The van der Waals surface area contributed by atoms with Crippen molar-refractivity contribution >= 4 is 11.6 Å². The molecule has 0 saturated carbocycles. The molecular formula is C17H28ClN3. The van der Waals surface area contributed by atoms with Gasteiger partial charge in [0.15, 0.2) is 0 Å². The number of benzene rings is 1. The van der Waals surface area contributed by atoms with Gasteiger partial charge in [-0.15, -0.1) is 0 Å². The molecule has 1 aliphatic heterocycles. The first-order chi connectivity index (χ1) is 10.1. The Morgan fingerprint density at radius 3 is 2.67 bits per heavy atom. The largest absolute Gasteiger partial charge is 0.324 e. The van der Waals surface area contributed by atoms with Gasteiger partial charge in [-0.3, -0.25) is 4.90 Å². The maximum atomic E-state index is 6.34. The number of rotatable bonds is 5. The maximum Gasteiger partial charge on any atom is 0.0406 e. The van der Waals surface area contributed by atoms with Crippen molar-refractivity contribution in [1.82, 2.24) is 9.80 Å². The summed E-state index contributed by atoms with van der Waals surface area (Å²) >= 11 is 5.93. The zero-order valence-corrected chi connectivity index (χ0v) is 14.0. The molecule has 0 spiro atoms. The second-order valence-electron chi connectivity index (χ2n) is 6.16. The molecule has 1 aliphatic rings. The molecule has 4 heteroatoms. The molecule has 2 rings (SSSR count). The Hall–Kier alpha value is -0.610. The first-order valence-corrected chi connectivity index (χ1v) is 8.41. The predicted molar refractivity (Wildman–Crippen MR) is 90.8 cm³/mol. The zero-order valence-electron chi connectivity index (χ0n) is 13.3. The topological polar surface area (TPSA) is 32.5 Å². The van der Waals surface area contributed by atoms with Gasteiger partial charge in [0, 0.05) is 30.2 Å². The molecule has 118 valence electrons. The minimum absolute atomic E-state index is 0.0979. The Morgan fingerprint density at radius 1 is 1.29 bits per heavy atom. The van der Waals surface area contributed by atoms with Crippen LogP contribution in [0.3, 0.4) is 0 Å². The molecule has 1 aromatic carbocycles. The van der Waals surface area contributed by atoms with Gasteiger partial charge in [-0.1, -0.05) is 30.7 Å². The van der Waals surface area contributed by atoms with Gasteiger partial charge < -0.3 is 10.6 Å². The molecule has 0 aromatic heterocycles. The third-order valence-corrected chi connectivity index (χ3v) is 4.77. The second-order valence-corrected chi connectivity index (χ2v) is 6.60. The Bertz CT molecular complexity index is 421. The van der Waals surface area contributed by atoms with Crippen molar-refractivity contribution in [1.29, 1.82) is 0 Å². The zero-order chi connectivity index (χ0) is 15.2. The molecule has 2 atom stereocenters. The van der Waals surface area contributed by atoms with Gasteiger partial charge in [0.25, 0.3) is 0 Å². The molecule has 0 radical (unpaired) electrons. The van der Waals surface area contributed by atoms with Gasteiger partial charge in [0.05, 0.1) is 0 Å². The molecule has 2 N–H and O–H groups in total. The van der Waals surface area contributed by atoms with Gasteiger partial charge in [0.1, 0.15) is 0 Å². The van der Waals surface area contributed by atoms with Crippen LogP contribution < -0.4 is 5.73 Å². The van der Waals surface area contributed by atoms with E-state index in [0.29, 0.717) is 6.04 Å². The summed E-state index contributed by atoms with van der Waals surface area (Å²) < 4.78 is 0. The van der Waals surface area contributed by atoms with Gasteiger partial charge in [-0.05, 0) is 57.1 Å². The average molecular weight is 310 g/mol. The molecule has 0 bridgehead atoms. The van der Waals surface area contributed by atoms with E-state index < -0.39 is 0 Å². The van der Waals surface area contributed by atoms with Crippen molar-refractivity contribution in [3.05, 3.63) is 34.9 Å². The highest BCUT2D eigenvalue weighted by Crippen LogP contribution is 2.19. The summed E-state index contributed by atoms with van der Waals surface area (Å²) in [7, 11) is 2.23. The number of likely N-dealkylation sites (N-methyl/N-ethyl adjacent to an activating group) is 1. The predicted octanol–water partition coefficient (Wildman–Crippen LogP) is 3.15. The number of nitrogens with two attached hydrogens (primary N) is 1. The third kappa shape index (κ3) is 4.96. The summed E-state index contributed by atoms with van der Waals surface area (Å²) in [5.74, 6) is 0. The van der Waals surface area contributed by atoms with Crippen LogP contribution in [0.15, 0.2) is 24.3 Å². The van der Waals surface area contributed by atoms with Crippen molar-refractivity contribution in [3.63, 3.8) is 0 Å². The van der Waals surface area contributed by atoms with Crippen LogP contribution in [0, 0.1) is 0 Å². The van der Waals surface area contributed by atoms with Crippen molar-refractivity contribution in [2.24, 2.45) is 5.73 Å². The Morgan fingerprint density at radius 2 is 2.00 bits per heavy atom. The van der Waals surface area contributed by atoms with E-state index in [0.717, 1.165) is 18.0 Å². The van der Waals surface area contributed by atoms with Crippen LogP contribution in [-0.2, 0) is 0 Å². The first kappa shape index (κ1) is 16.8. The smallest absolute Gasteiger partial charge is 0.0406 e. The summed E-state index contributed by atoms with van der Waals surface area (Å²) in [6, 6.07) is 8.69. The normalized spacial score (nSPS) is 23.0. The van der Waals surface area contributed by atoms with E-state index in [1.165, 1.54) is 38.0 Å². The van der Waals surface area contributed by atoms with E-state index in [2.05, 4.69) is 23.8 Å². The van der Waals surface area contributed by atoms with E-state index in [4.69, 9.17) is 17.3 Å². The lowest BCUT2D eigenvalue weighted by Gasteiger charge is -2.31. The molecule has 1 saturated heterocycles. The van der Waals surface area contributed by atoms with Crippen LogP contribution in [-0.4, -0.2) is 49.1 Å². The Kier molecular flexibility index (Phi) is 6.49. The summed E-state index contributed by atoms with van der Waals surface area (Å²) in [6.07, 6.45) is 3.46. The molecule has 21 heavy (non-hydrogen) atoms. The monoisotopic (exact) mass is 309 g/mol. The quantitative estimate of drug-likeness (QED) is 0.907. The Labute approximate surface area is 134 Å². The highest BCUT2D eigenvalue weighted by Gasteiger charge is 2.22. The fraction of sp³-hybridized carbons (Fsp3) is 0.647. The van der Waals surface area contributed by atoms with Crippen LogP contribution in [0.2, 0.25) is 5.02 Å². The highest BCUT2D eigenvalue weighted by atomic mass is 35.5. The molecule has 1 fully saturated rings. The van der Waals surface area contributed by atoms with Crippen LogP contribution in [0.5, 0.6) is 0 Å². The molecule has 3 nitrogen and oxygen atoms in total. The maximum absolute atomic E-state index is 6.34. The first-order valence-electron chi connectivity index (χ1n) is 8.03. The molecule has 0 aliphatic carbocycles. The number of hydrogen-bond donors (Lipinski definition) is 1. The molecule has 1 aromatic rings. The van der Waals surface area contributed by atoms with E-state index >= 15 is 0 Å². The Balaban J connectivity index is 1.89. The SMILES string of the molecule is CCC1CN(C)CCCN1CCC(N)c1ccc(Cl)cc1. The lowest BCUT2D eigenvalue weighted by molar-refractivity contribution is 0.178. The van der Waals surface area contributed by atoms with E-state index in [-0.39, 0.29) is 6.04 Å². The summed E-state index contributed by atoms with van der Waals surface area (Å²) in [4.78, 5) is 5.08. The second kappa shape index (κ2) is 8.14. The van der Waals surface area contributed by atoms with E-state index in [1.807, 2.05) is 24.3 Å². The lowest BCUT2D eigenvalue weighted by Crippen LogP contribution is -2.40. The molecule has 2 unspecified atom stereocenters. The van der Waals surface area contributed by atoms with Crippen molar-refractivity contribution < 1.29 is 0 Å². The van der Waals surface area contributed by atoms with Gasteiger partial charge in [-0.2, -0.15) is 0 Å². The van der Waals surface area contributed by atoms with Crippen LogP contribution in [0.4, 0.5) is 0 Å². The fourth-order valence-corrected chi connectivity index (χ4v) is 3.28. The van der Waals surface area contributed by atoms with Crippen molar-refractivity contribution in [2.75, 3.05) is 33.2 Å². The summed E-state index contributed by atoms with van der Waals surface area (Å²) in [5.41, 5.74) is 7.52. The van der Waals surface area contributed by atoms with Crippen molar-refractivity contribution in [3.8, 4) is 0 Å². The van der Waals surface area contributed by atoms with Crippen LogP contribution in [0.25, 0.3) is 0 Å². The van der Waals surface area contributed by atoms with Crippen LogP contribution >= 0.6 is 11.6 Å². The average Bonchev–Trinajstić information content (AvgIpc) is 2.66. The van der Waals surface area contributed by atoms with Crippen LogP contribution in [0.1, 0.15) is 37.8 Å². The minimum atomic E-state index is 0.0979. The number of hydrogen-bond acceptors (Lipinski definition) is 3. The highest BCUT2D eigenvalue weighted by molar-refractivity contribution is 6.30. The molecule has 0 amide bonds. The van der Waals surface area contributed by atoms with Gasteiger partial charge in [-0.25, -0.2) is 0 Å². The fourth-order valence-electron chi connectivity index (χ4n) is 3.16. The lowest BCUT2D eigenvalue weighted by atomic mass is 10.0. The van der Waals surface area contributed by atoms with Gasteiger partial charge in [0.2, 0.25) is 0 Å². The third-order valence-electron chi connectivity index (χ3n) is 4.52. The molecular weight excluding hydrogens is 282 g/mol. The van der Waals surface area contributed by atoms with Crippen molar-refractivity contribution in [2.45, 2.75) is 38.3 Å².